The Morgan fingerprint density at radius 3 is 2.42 bits per heavy atom. The summed E-state index contributed by atoms with van der Waals surface area (Å²) < 4.78 is 5.59. The molecule has 0 fully saturated rings. The van der Waals surface area contributed by atoms with Gasteiger partial charge >= 0.3 is 84.6 Å². The summed E-state index contributed by atoms with van der Waals surface area (Å²) in [6.07, 6.45) is 10.00. The van der Waals surface area contributed by atoms with E-state index in [-0.39, 0.29) is 0 Å². The van der Waals surface area contributed by atoms with Crippen LogP contribution in [-0.4, -0.2) is 0 Å². The molecule has 0 amide bonds. The van der Waals surface area contributed by atoms with E-state index in [0.29, 0.717) is 3.12 Å². The van der Waals surface area contributed by atoms with Crippen LogP contribution in [-0.2, 0) is 21.8 Å². The summed E-state index contributed by atoms with van der Waals surface area (Å²) in [5.74, 6) is 0. The maximum absolute atomic E-state index is 2.52. The van der Waals surface area contributed by atoms with E-state index in [1.165, 1.54) is 18.4 Å². The average Bonchev–Trinajstić information content (AvgIpc) is 2.34. The minimum atomic E-state index is -1.12. The molecule has 0 saturated heterocycles. The zero-order chi connectivity index (χ0) is 9.19. The molecule has 0 aromatic carbocycles. The molecule has 1 heteroatoms. The Labute approximate surface area is 84.4 Å². The summed E-state index contributed by atoms with van der Waals surface area (Å²) in [6.45, 7) is 4.52. The van der Waals surface area contributed by atoms with Gasteiger partial charge in [-0.25, -0.2) is 0 Å². The van der Waals surface area contributed by atoms with Crippen molar-refractivity contribution in [2.75, 3.05) is 0 Å². The second-order valence-electron chi connectivity index (χ2n) is 4.01. The SMILES string of the molecule is CCC[C]1([Zr]([CH3])[CH3])C=CC(C)=C1. The fraction of sp³-hybridized carbons (Fsp3) is 0.636. The minimum absolute atomic E-state index is 0.571. The molecular weight excluding hydrogens is 223 g/mol. The predicted molar refractivity (Wildman–Crippen MR) is 52.2 cm³/mol. The quantitative estimate of drug-likeness (QED) is 0.696. The van der Waals surface area contributed by atoms with Crippen LogP contribution in [0.3, 0.4) is 0 Å². The summed E-state index contributed by atoms with van der Waals surface area (Å²) in [7, 11) is 0. The van der Waals surface area contributed by atoms with Crippen LogP contribution in [0.15, 0.2) is 23.8 Å². The molecule has 0 aromatic heterocycles. The molecule has 0 aliphatic heterocycles. The van der Waals surface area contributed by atoms with E-state index in [1.807, 2.05) is 0 Å². The van der Waals surface area contributed by atoms with Crippen molar-refractivity contribution in [2.45, 2.75) is 39.1 Å². The van der Waals surface area contributed by atoms with Gasteiger partial charge in [0.15, 0.2) is 0 Å². The van der Waals surface area contributed by atoms with Crippen molar-refractivity contribution in [2.24, 2.45) is 0 Å². The molecule has 0 radical (unpaired) electrons. The topological polar surface area (TPSA) is 0 Å². The van der Waals surface area contributed by atoms with E-state index in [1.54, 1.807) is 0 Å². The molecular formula is C11H19Zr. The normalized spacial score (nSPS) is 27.5. The van der Waals surface area contributed by atoms with Crippen LogP contribution >= 0.6 is 0 Å². The van der Waals surface area contributed by atoms with E-state index in [0.717, 1.165) is 0 Å². The first-order valence-electron chi connectivity index (χ1n) is 4.80. The number of hydrogen-bond donors (Lipinski definition) is 0. The van der Waals surface area contributed by atoms with Crippen molar-refractivity contribution in [3.05, 3.63) is 23.8 Å². The standard InChI is InChI=1S/C9H13.2CH3.Zr/c1-3-4-9-6-5-8(2)7-9;;;/h5-7H,3-4H2,1-2H3;2*1H3;. The summed E-state index contributed by atoms with van der Waals surface area (Å²) in [5, 5.41) is 0. The second kappa shape index (κ2) is 4.05. The second-order valence-corrected chi connectivity index (χ2v) is 11.2. The van der Waals surface area contributed by atoms with Crippen molar-refractivity contribution >= 4 is 0 Å². The summed E-state index contributed by atoms with van der Waals surface area (Å²) in [4.78, 5) is 0. The van der Waals surface area contributed by atoms with Gasteiger partial charge in [0.2, 0.25) is 0 Å². The Hall–Kier alpha value is 0.363. The average molecular weight is 242 g/mol. The van der Waals surface area contributed by atoms with Gasteiger partial charge in [-0.1, -0.05) is 0 Å². The van der Waals surface area contributed by atoms with Gasteiger partial charge in [0, 0.05) is 0 Å². The summed E-state index contributed by atoms with van der Waals surface area (Å²) in [6, 6.07) is 0. The first-order chi connectivity index (χ1) is 5.60. The van der Waals surface area contributed by atoms with Gasteiger partial charge in [-0.05, 0) is 0 Å². The van der Waals surface area contributed by atoms with Gasteiger partial charge in [-0.2, -0.15) is 0 Å². The molecule has 12 heavy (non-hydrogen) atoms. The third-order valence-electron chi connectivity index (χ3n) is 2.72. The van der Waals surface area contributed by atoms with Crippen LogP contribution in [0.2, 0.25) is 12.4 Å². The van der Waals surface area contributed by atoms with Gasteiger partial charge in [-0.15, -0.1) is 0 Å². The van der Waals surface area contributed by atoms with Crippen molar-refractivity contribution in [1.29, 1.82) is 0 Å². The maximum atomic E-state index is 2.52. The molecule has 0 nitrogen and oxygen atoms in total. The monoisotopic (exact) mass is 241 g/mol. The molecule has 0 saturated carbocycles. The number of rotatable bonds is 3. The van der Waals surface area contributed by atoms with Crippen molar-refractivity contribution < 1.29 is 21.8 Å². The Kier molecular flexibility index (Phi) is 3.52. The Balaban J connectivity index is 2.83. The molecule has 0 spiro atoms. The Morgan fingerprint density at radius 1 is 1.42 bits per heavy atom. The molecule has 1 atom stereocenters. The fourth-order valence-corrected chi connectivity index (χ4v) is 6.05. The van der Waals surface area contributed by atoms with Crippen molar-refractivity contribution in [3.8, 4) is 0 Å². The van der Waals surface area contributed by atoms with Crippen LogP contribution in [0.1, 0.15) is 26.7 Å². The third-order valence-corrected chi connectivity index (χ3v) is 8.68. The third kappa shape index (κ3) is 1.99. The van der Waals surface area contributed by atoms with E-state index in [4.69, 9.17) is 0 Å². The number of hydrogen-bond acceptors (Lipinski definition) is 0. The van der Waals surface area contributed by atoms with Crippen LogP contribution in [0.5, 0.6) is 0 Å². The molecule has 67 valence electrons. The van der Waals surface area contributed by atoms with Crippen LogP contribution in [0, 0.1) is 0 Å². The van der Waals surface area contributed by atoms with E-state index < -0.39 is 21.8 Å². The predicted octanol–water partition coefficient (Wildman–Crippen LogP) is 4.18. The first-order valence-corrected chi connectivity index (χ1v) is 10.9. The van der Waals surface area contributed by atoms with Gasteiger partial charge in [-0.3, -0.25) is 0 Å². The molecule has 0 aromatic rings. The molecule has 1 rings (SSSR count). The molecule has 0 N–H and O–H groups in total. The Morgan fingerprint density at radius 2 is 2.08 bits per heavy atom. The van der Waals surface area contributed by atoms with Crippen molar-refractivity contribution in [1.82, 2.24) is 0 Å². The molecule has 1 unspecified atom stereocenters. The zero-order valence-electron chi connectivity index (χ0n) is 8.65. The van der Waals surface area contributed by atoms with Crippen LogP contribution < -0.4 is 0 Å². The van der Waals surface area contributed by atoms with Gasteiger partial charge in [0.1, 0.15) is 0 Å². The molecule has 0 heterocycles. The Bertz CT molecular complexity index is 213. The molecule has 1 aliphatic rings. The van der Waals surface area contributed by atoms with E-state index in [2.05, 4.69) is 41.3 Å². The van der Waals surface area contributed by atoms with Gasteiger partial charge < -0.3 is 0 Å². The first kappa shape index (κ1) is 10.4. The fourth-order valence-electron chi connectivity index (χ4n) is 1.91. The number of allylic oxidation sites excluding steroid dienone is 4. The van der Waals surface area contributed by atoms with Crippen LogP contribution in [0.25, 0.3) is 0 Å². The molecule has 1 aliphatic carbocycles. The van der Waals surface area contributed by atoms with Crippen LogP contribution in [0.4, 0.5) is 0 Å². The summed E-state index contributed by atoms with van der Waals surface area (Å²) in [5.41, 5.74) is 1.48. The molecule has 0 bridgehead atoms. The van der Waals surface area contributed by atoms with E-state index in [9.17, 15) is 0 Å². The van der Waals surface area contributed by atoms with E-state index >= 15 is 0 Å². The summed E-state index contributed by atoms with van der Waals surface area (Å²) >= 11 is -1.12. The van der Waals surface area contributed by atoms with Gasteiger partial charge in [0.25, 0.3) is 0 Å². The van der Waals surface area contributed by atoms with Crippen molar-refractivity contribution in [3.63, 3.8) is 0 Å². The zero-order valence-corrected chi connectivity index (χ0v) is 11.1. The van der Waals surface area contributed by atoms with Gasteiger partial charge in [0.05, 0.1) is 0 Å².